The molecule has 5 rings (SSSR count). The smallest absolute Gasteiger partial charge is 0.247 e. The molecule has 1 amide bonds. The van der Waals surface area contributed by atoms with Crippen LogP contribution in [0.2, 0.25) is 10.0 Å². The van der Waals surface area contributed by atoms with Crippen LogP contribution in [0.1, 0.15) is 19.4 Å². The van der Waals surface area contributed by atoms with Crippen LogP contribution in [0.4, 0.5) is 0 Å². The van der Waals surface area contributed by atoms with Crippen molar-refractivity contribution in [1.82, 2.24) is 5.32 Å². The van der Waals surface area contributed by atoms with Gasteiger partial charge in [0, 0.05) is 5.57 Å². The number of carbonyl (C=O) groups is 1. The van der Waals surface area contributed by atoms with Gasteiger partial charge in [0.2, 0.25) is 12.2 Å². The third kappa shape index (κ3) is 7.14. The molecule has 3 aliphatic rings. The summed E-state index contributed by atoms with van der Waals surface area (Å²) in [6.07, 6.45) is -7.93. The summed E-state index contributed by atoms with van der Waals surface area (Å²) < 4.78 is 27.6. The van der Waals surface area contributed by atoms with Gasteiger partial charge in [-0.25, -0.2) is 0 Å². The van der Waals surface area contributed by atoms with Crippen LogP contribution in [0.3, 0.4) is 0 Å². The number of amides is 1. The summed E-state index contributed by atoms with van der Waals surface area (Å²) in [5.41, 5.74) is 1.12. The van der Waals surface area contributed by atoms with Crippen LogP contribution < -0.4 is 14.8 Å². The monoisotopic (exact) mass is 683 g/mol. The summed E-state index contributed by atoms with van der Waals surface area (Å²) in [6, 6.07) is 8.01. The van der Waals surface area contributed by atoms with Crippen molar-refractivity contribution in [3.8, 4) is 17.2 Å². The van der Waals surface area contributed by atoms with E-state index in [1.54, 1.807) is 31.2 Å². The van der Waals surface area contributed by atoms with Crippen LogP contribution in [0, 0.1) is 0 Å². The zero-order valence-corrected chi connectivity index (χ0v) is 26.2. The lowest BCUT2D eigenvalue weighted by Gasteiger charge is -2.41. The number of aliphatic hydroxyl groups is 5. The number of phenolic OH excluding ortho intramolecular Hbond substituents is 1. The lowest BCUT2D eigenvalue weighted by atomic mass is 9.83. The highest BCUT2D eigenvalue weighted by Crippen LogP contribution is 2.35. The van der Waals surface area contributed by atoms with Crippen LogP contribution >= 0.6 is 23.2 Å². The van der Waals surface area contributed by atoms with Crippen LogP contribution in [-0.2, 0) is 19.0 Å². The first-order chi connectivity index (χ1) is 21.9. The van der Waals surface area contributed by atoms with Gasteiger partial charge in [-0.05, 0) is 61.4 Å². The first kappa shape index (κ1) is 34.4. The second-order valence-electron chi connectivity index (χ2n) is 11.2. The molecule has 250 valence electrons. The molecule has 0 bridgehead atoms. The molecule has 3 fully saturated rings. The van der Waals surface area contributed by atoms with Gasteiger partial charge in [0.1, 0.15) is 73.0 Å². The molecule has 46 heavy (non-hydrogen) atoms. The van der Waals surface area contributed by atoms with E-state index in [1.165, 1.54) is 31.2 Å². The number of phenols is 1. The lowest BCUT2D eigenvalue weighted by molar-refractivity contribution is -0.155. The number of fused-ring (bicyclic) bond motifs is 1. The SMILES string of the molecule is C/C(=C\c1ccc(O[C@@H]2O[C@H](/C(C)=C/COc3cccc(Cl)c3Cl)[C@@H](O)[C@@H]2O)c(O)c1)C(=O)N[C@@H]1C(O)C(O)C2OCO[C@H]2[C@@H]1O. The number of hydrogen-bond donors (Lipinski definition) is 7. The van der Waals surface area contributed by atoms with Crippen molar-refractivity contribution in [2.45, 2.75) is 75.0 Å². The number of carbonyl (C=O) groups excluding carboxylic acids is 1. The van der Waals surface area contributed by atoms with Gasteiger partial charge in [-0.1, -0.05) is 35.3 Å². The Hall–Kier alpha value is -2.95. The predicted molar refractivity (Wildman–Crippen MR) is 163 cm³/mol. The minimum absolute atomic E-state index is 0.0486. The Labute approximate surface area is 274 Å². The van der Waals surface area contributed by atoms with Crippen LogP contribution in [0.5, 0.6) is 17.2 Å². The second kappa shape index (κ2) is 14.4. The summed E-state index contributed by atoms with van der Waals surface area (Å²) >= 11 is 12.1. The van der Waals surface area contributed by atoms with E-state index in [1.807, 2.05) is 0 Å². The molecule has 0 radical (unpaired) electrons. The maximum Gasteiger partial charge on any atom is 0.247 e. The molecular weight excluding hydrogens is 649 g/mol. The van der Waals surface area contributed by atoms with Crippen molar-refractivity contribution in [2.24, 2.45) is 0 Å². The van der Waals surface area contributed by atoms with Crippen molar-refractivity contribution >= 4 is 35.2 Å². The Morgan fingerprint density at radius 1 is 0.957 bits per heavy atom. The summed E-state index contributed by atoms with van der Waals surface area (Å²) in [5.74, 6) is -0.640. The van der Waals surface area contributed by atoms with E-state index in [9.17, 15) is 35.4 Å². The Morgan fingerprint density at radius 2 is 1.67 bits per heavy atom. The quantitative estimate of drug-likeness (QED) is 0.148. The summed E-state index contributed by atoms with van der Waals surface area (Å²) in [6.45, 7) is 3.11. The first-order valence-corrected chi connectivity index (χ1v) is 15.1. The third-order valence-corrected chi connectivity index (χ3v) is 8.90. The third-order valence-electron chi connectivity index (χ3n) is 8.10. The zero-order valence-electron chi connectivity index (χ0n) is 24.7. The fourth-order valence-electron chi connectivity index (χ4n) is 5.48. The van der Waals surface area contributed by atoms with Crippen molar-refractivity contribution in [3.63, 3.8) is 0 Å². The van der Waals surface area contributed by atoms with E-state index in [2.05, 4.69) is 5.32 Å². The van der Waals surface area contributed by atoms with Crippen molar-refractivity contribution < 1.29 is 59.1 Å². The molecule has 2 saturated heterocycles. The number of aliphatic hydroxyl groups excluding tert-OH is 5. The number of ether oxygens (including phenoxy) is 5. The average molecular weight is 685 g/mol. The van der Waals surface area contributed by atoms with Crippen molar-refractivity contribution in [1.29, 1.82) is 0 Å². The minimum Gasteiger partial charge on any atom is -0.504 e. The van der Waals surface area contributed by atoms with Crippen LogP contribution in [0.25, 0.3) is 6.08 Å². The highest BCUT2D eigenvalue weighted by Gasteiger charge is 2.53. The van der Waals surface area contributed by atoms with Gasteiger partial charge >= 0.3 is 0 Å². The maximum atomic E-state index is 12.9. The highest BCUT2D eigenvalue weighted by atomic mass is 35.5. The number of rotatable bonds is 9. The van der Waals surface area contributed by atoms with E-state index in [4.69, 9.17) is 46.9 Å². The zero-order chi connectivity index (χ0) is 33.3. The molecule has 7 N–H and O–H groups in total. The number of hydrogen-bond acceptors (Lipinski definition) is 12. The molecule has 13 nitrogen and oxygen atoms in total. The van der Waals surface area contributed by atoms with Gasteiger partial charge in [0.25, 0.3) is 0 Å². The molecule has 0 aromatic heterocycles. The summed E-state index contributed by atoms with van der Waals surface area (Å²) in [7, 11) is 0. The molecule has 2 aromatic rings. The molecule has 0 spiro atoms. The van der Waals surface area contributed by atoms with Crippen molar-refractivity contribution in [3.05, 3.63) is 69.2 Å². The number of aromatic hydroxyl groups is 1. The molecule has 2 heterocycles. The standard InChI is InChI=1S/C31H35Cl2NO12/c1-13(8-9-42-19-5-3-4-16(32)20(19)33)27-25(39)26(40)31(46-27)45-18-7-6-15(11-17(18)35)10-14(2)30(41)34-21-22(36)24(38)29-28(23(21)37)43-12-44-29/h3-8,10-11,21-29,31,35-40H,9,12H2,1-2H3,(H,34,41)/b13-8+,14-10+/t21-,22?,23-,24?,25+,26+,27-,28+,29?,31-/m1/s1. The van der Waals surface area contributed by atoms with Gasteiger partial charge < -0.3 is 59.6 Å². The van der Waals surface area contributed by atoms with Gasteiger partial charge in [-0.2, -0.15) is 0 Å². The molecular formula is C31H35Cl2NO12. The Bertz CT molecular complexity index is 1490. The average Bonchev–Trinajstić information content (AvgIpc) is 3.63. The second-order valence-corrected chi connectivity index (χ2v) is 12.0. The molecule has 10 atom stereocenters. The molecule has 1 saturated carbocycles. The minimum atomic E-state index is -1.50. The molecule has 2 aromatic carbocycles. The summed E-state index contributed by atoms with van der Waals surface area (Å²) in [4.78, 5) is 12.9. The van der Waals surface area contributed by atoms with Gasteiger partial charge in [0.15, 0.2) is 11.5 Å². The first-order valence-electron chi connectivity index (χ1n) is 14.4. The summed E-state index contributed by atoms with van der Waals surface area (Å²) in [5, 5.41) is 66.3. The van der Waals surface area contributed by atoms with E-state index in [0.717, 1.165) is 0 Å². The Balaban J connectivity index is 1.18. The fourth-order valence-corrected chi connectivity index (χ4v) is 5.83. The Morgan fingerprint density at radius 3 is 2.39 bits per heavy atom. The topological polar surface area (TPSA) is 197 Å². The maximum absolute atomic E-state index is 12.9. The Kier molecular flexibility index (Phi) is 10.8. The van der Waals surface area contributed by atoms with Gasteiger partial charge in [-0.15, -0.1) is 0 Å². The normalized spacial score (nSPS) is 33.1. The van der Waals surface area contributed by atoms with E-state index in [-0.39, 0.29) is 35.5 Å². The highest BCUT2D eigenvalue weighted by molar-refractivity contribution is 6.42. The largest absolute Gasteiger partial charge is 0.504 e. The molecule has 2 aliphatic heterocycles. The molecule has 3 unspecified atom stereocenters. The fraction of sp³-hybridized carbons (Fsp3) is 0.452. The molecule has 15 heteroatoms. The van der Waals surface area contributed by atoms with Crippen molar-refractivity contribution in [2.75, 3.05) is 13.4 Å². The number of nitrogens with one attached hydrogen (secondary N) is 1. The van der Waals surface area contributed by atoms with Gasteiger partial charge in [-0.3, -0.25) is 4.79 Å². The number of halogens is 2. The van der Waals surface area contributed by atoms with Crippen LogP contribution in [0.15, 0.2) is 53.6 Å². The predicted octanol–water partition coefficient (Wildman–Crippen LogP) is 1.28. The lowest BCUT2D eigenvalue weighted by Crippen LogP contribution is -2.67. The van der Waals surface area contributed by atoms with E-state index >= 15 is 0 Å². The van der Waals surface area contributed by atoms with Gasteiger partial charge in [0.05, 0.1) is 11.1 Å². The number of benzene rings is 2. The van der Waals surface area contributed by atoms with E-state index in [0.29, 0.717) is 21.9 Å². The van der Waals surface area contributed by atoms with Crippen LogP contribution in [-0.4, -0.2) is 111 Å². The molecule has 1 aliphatic carbocycles. The van der Waals surface area contributed by atoms with E-state index < -0.39 is 67.1 Å².